The van der Waals surface area contributed by atoms with Crippen LogP contribution in [0.5, 0.6) is 5.88 Å². The highest BCUT2D eigenvalue weighted by molar-refractivity contribution is 7.89. The monoisotopic (exact) mass is 390 g/mol. The predicted octanol–water partition coefficient (Wildman–Crippen LogP) is 1.98. The van der Waals surface area contributed by atoms with E-state index in [0.29, 0.717) is 36.5 Å². The largest absolute Gasteiger partial charge is 0.472 e. The molecule has 1 aromatic carbocycles. The maximum atomic E-state index is 13.0. The Labute approximate surface area is 158 Å². The van der Waals surface area contributed by atoms with Crippen molar-refractivity contribution < 1.29 is 17.9 Å². The van der Waals surface area contributed by atoms with Gasteiger partial charge in [-0.25, -0.2) is 8.42 Å². The number of benzene rings is 1. The number of nitrogens with one attached hydrogen (secondary N) is 1. The highest BCUT2D eigenvalue weighted by Crippen LogP contribution is 2.27. The molecule has 0 spiro atoms. The lowest BCUT2D eigenvalue weighted by Crippen LogP contribution is -2.31. The molecule has 1 aliphatic heterocycles. The van der Waals surface area contributed by atoms with Crippen LogP contribution < -0.4 is 10.1 Å². The van der Waals surface area contributed by atoms with Crippen LogP contribution in [0.1, 0.15) is 25.3 Å². The standard InChI is InChI=1S/C18H22N4O4S/c1-3-17(23)20-14-6-7-16(13(2)11-14)27(24,25)22-10-8-15(12-22)26-18-5-4-9-19-21-18/h4-7,9,11,15H,3,8,10,12H2,1-2H3,(H,20,23). The van der Waals surface area contributed by atoms with E-state index in [1.165, 1.54) is 10.4 Å². The molecule has 27 heavy (non-hydrogen) atoms. The summed E-state index contributed by atoms with van der Waals surface area (Å²) in [7, 11) is -3.64. The van der Waals surface area contributed by atoms with Gasteiger partial charge in [-0.2, -0.15) is 9.40 Å². The van der Waals surface area contributed by atoms with Gasteiger partial charge in [0.05, 0.1) is 11.4 Å². The van der Waals surface area contributed by atoms with Crippen molar-refractivity contribution in [3.8, 4) is 5.88 Å². The minimum absolute atomic E-state index is 0.117. The molecule has 1 saturated heterocycles. The van der Waals surface area contributed by atoms with Gasteiger partial charge in [0.2, 0.25) is 21.8 Å². The van der Waals surface area contributed by atoms with Crippen LogP contribution in [0.15, 0.2) is 41.4 Å². The van der Waals surface area contributed by atoms with Crippen molar-refractivity contribution in [1.29, 1.82) is 0 Å². The SMILES string of the molecule is CCC(=O)Nc1ccc(S(=O)(=O)N2CCC(Oc3cccnn3)C2)c(C)c1. The lowest BCUT2D eigenvalue weighted by Gasteiger charge is -2.18. The molecule has 0 aliphatic carbocycles. The molecule has 9 heteroatoms. The molecule has 1 fully saturated rings. The van der Waals surface area contributed by atoms with Crippen LogP contribution >= 0.6 is 0 Å². The zero-order valence-electron chi connectivity index (χ0n) is 15.3. The number of aryl methyl sites for hydroxylation is 1. The molecule has 2 aromatic rings. The molecule has 144 valence electrons. The van der Waals surface area contributed by atoms with Gasteiger partial charge in [0.15, 0.2) is 0 Å². The van der Waals surface area contributed by atoms with E-state index in [2.05, 4.69) is 15.5 Å². The van der Waals surface area contributed by atoms with Crippen LogP contribution in [0.2, 0.25) is 0 Å². The third-order valence-corrected chi connectivity index (χ3v) is 6.37. The Morgan fingerprint density at radius 2 is 2.19 bits per heavy atom. The van der Waals surface area contributed by atoms with Crippen LogP contribution in [-0.2, 0) is 14.8 Å². The molecule has 3 rings (SSSR count). The molecule has 1 aromatic heterocycles. The van der Waals surface area contributed by atoms with Gasteiger partial charge in [-0.3, -0.25) is 4.79 Å². The zero-order valence-corrected chi connectivity index (χ0v) is 16.1. The third kappa shape index (κ3) is 4.42. The molecule has 0 saturated carbocycles. The Bertz CT molecular complexity index is 918. The van der Waals surface area contributed by atoms with Crippen LogP contribution in [0.3, 0.4) is 0 Å². The maximum Gasteiger partial charge on any atom is 0.243 e. The van der Waals surface area contributed by atoms with Crippen LogP contribution in [-0.4, -0.2) is 48.0 Å². The lowest BCUT2D eigenvalue weighted by molar-refractivity contribution is -0.115. The van der Waals surface area contributed by atoms with E-state index in [1.54, 1.807) is 44.3 Å². The number of carbonyl (C=O) groups is 1. The molecule has 2 heterocycles. The molecular weight excluding hydrogens is 368 g/mol. The lowest BCUT2D eigenvalue weighted by atomic mass is 10.2. The van der Waals surface area contributed by atoms with Crippen molar-refractivity contribution in [2.75, 3.05) is 18.4 Å². The summed E-state index contributed by atoms with van der Waals surface area (Å²) in [6, 6.07) is 8.22. The number of aromatic nitrogens is 2. The number of amides is 1. The minimum Gasteiger partial charge on any atom is -0.472 e. The molecule has 1 N–H and O–H groups in total. The van der Waals surface area contributed by atoms with Gasteiger partial charge in [-0.15, -0.1) is 5.10 Å². The molecule has 1 unspecified atom stereocenters. The maximum absolute atomic E-state index is 13.0. The zero-order chi connectivity index (χ0) is 19.4. The Hall–Kier alpha value is -2.52. The van der Waals surface area contributed by atoms with E-state index >= 15 is 0 Å². The molecule has 1 amide bonds. The fraction of sp³-hybridized carbons (Fsp3) is 0.389. The summed E-state index contributed by atoms with van der Waals surface area (Å²) in [5.74, 6) is 0.266. The summed E-state index contributed by atoms with van der Waals surface area (Å²) < 4.78 is 33.1. The average Bonchev–Trinajstić information content (AvgIpc) is 3.11. The summed E-state index contributed by atoms with van der Waals surface area (Å²) in [5, 5.41) is 10.4. The van der Waals surface area contributed by atoms with Crippen molar-refractivity contribution in [3.63, 3.8) is 0 Å². The normalized spacial score (nSPS) is 17.6. The van der Waals surface area contributed by atoms with E-state index < -0.39 is 10.0 Å². The first kappa shape index (κ1) is 19.2. The van der Waals surface area contributed by atoms with Crippen LogP contribution in [0.4, 0.5) is 5.69 Å². The predicted molar refractivity (Wildman–Crippen MR) is 99.9 cm³/mol. The highest BCUT2D eigenvalue weighted by Gasteiger charge is 2.34. The topological polar surface area (TPSA) is 101 Å². The number of rotatable bonds is 6. The second kappa shape index (κ2) is 8.01. The average molecular weight is 390 g/mol. The van der Waals surface area contributed by atoms with Gasteiger partial charge in [-0.05, 0) is 43.2 Å². The van der Waals surface area contributed by atoms with E-state index in [4.69, 9.17) is 4.74 Å². The van der Waals surface area contributed by atoms with E-state index in [9.17, 15) is 13.2 Å². The molecule has 8 nitrogen and oxygen atoms in total. The van der Waals surface area contributed by atoms with Crippen molar-refractivity contribution in [1.82, 2.24) is 14.5 Å². The number of sulfonamides is 1. The van der Waals surface area contributed by atoms with E-state index in [-0.39, 0.29) is 23.5 Å². The van der Waals surface area contributed by atoms with Gasteiger partial charge in [0.25, 0.3) is 0 Å². The Morgan fingerprint density at radius 1 is 1.37 bits per heavy atom. The van der Waals surface area contributed by atoms with Crippen molar-refractivity contribution in [3.05, 3.63) is 42.1 Å². The van der Waals surface area contributed by atoms with Crippen LogP contribution in [0.25, 0.3) is 0 Å². The number of anilines is 1. The summed E-state index contributed by atoms with van der Waals surface area (Å²) in [6.45, 7) is 4.11. The number of hydrogen-bond donors (Lipinski definition) is 1. The first-order chi connectivity index (χ1) is 12.9. The van der Waals surface area contributed by atoms with Gasteiger partial charge in [0, 0.05) is 30.9 Å². The second-order valence-electron chi connectivity index (χ2n) is 6.34. The molecular formula is C18H22N4O4S. The number of carbonyl (C=O) groups excluding carboxylic acids is 1. The molecule has 1 atom stereocenters. The minimum atomic E-state index is -3.64. The second-order valence-corrected chi connectivity index (χ2v) is 8.24. The van der Waals surface area contributed by atoms with Crippen molar-refractivity contribution >= 4 is 21.6 Å². The molecule has 0 radical (unpaired) electrons. The summed E-state index contributed by atoms with van der Waals surface area (Å²) in [6.07, 6.45) is 2.23. The number of ether oxygens (including phenoxy) is 1. The van der Waals surface area contributed by atoms with Gasteiger partial charge < -0.3 is 10.1 Å². The van der Waals surface area contributed by atoms with Gasteiger partial charge >= 0.3 is 0 Å². The number of hydrogen-bond acceptors (Lipinski definition) is 6. The highest BCUT2D eigenvalue weighted by atomic mass is 32.2. The summed E-state index contributed by atoms with van der Waals surface area (Å²) in [4.78, 5) is 11.7. The quantitative estimate of drug-likeness (QED) is 0.809. The molecule has 1 aliphatic rings. The van der Waals surface area contributed by atoms with Gasteiger partial charge in [-0.1, -0.05) is 6.92 Å². The van der Waals surface area contributed by atoms with Crippen molar-refractivity contribution in [2.24, 2.45) is 0 Å². The molecule has 0 bridgehead atoms. The Kier molecular flexibility index (Phi) is 5.71. The fourth-order valence-corrected chi connectivity index (χ4v) is 4.63. The first-order valence-electron chi connectivity index (χ1n) is 8.75. The third-order valence-electron chi connectivity index (χ3n) is 4.34. The number of nitrogens with zero attached hydrogens (tertiary/aromatic N) is 3. The first-order valence-corrected chi connectivity index (χ1v) is 10.2. The van der Waals surface area contributed by atoms with Gasteiger partial charge in [0.1, 0.15) is 6.10 Å². The summed E-state index contributed by atoms with van der Waals surface area (Å²) >= 11 is 0. The Morgan fingerprint density at radius 3 is 2.85 bits per heavy atom. The van der Waals surface area contributed by atoms with E-state index in [1.807, 2.05) is 0 Å². The van der Waals surface area contributed by atoms with Crippen molar-refractivity contribution in [2.45, 2.75) is 37.7 Å². The fourth-order valence-electron chi connectivity index (χ4n) is 2.94. The smallest absolute Gasteiger partial charge is 0.243 e. The van der Waals surface area contributed by atoms with E-state index in [0.717, 1.165) is 0 Å². The Balaban J connectivity index is 1.72. The van der Waals surface area contributed by atoms with Crippen LogP contribution in [0, 0.1) is 6.92 Å². The summed E-state index contributed by atoms with van der Waals surface area (Å²) in [5.41, 5.74) is 1.17.